The van der Waals surface area contributed by atoms with Crippen molar-refractivity contribution in [2.45, 2.75) is 31.3 Å². The Morgan fingerprint density at radius 2 is 1.69 bits per heavy atom. The molecule has 3 nitrogen and oxygen atoms in total. The third kappa shape index (κ3) is 3.02. The first-order valence-electron chi connectivity index (χ1n) is 8.50. The molecule has 26 heavy (non-hydrogen) atoms. The number of aliphatic imine (C=N–C) groups is 1. The lowest BCUT2D eigenvalue weighted by Gasteiger charge is -2.32. The average Bonchev–Trinajstić information content (AvgIpc) is 3.21. The molecule has 1 heterocycles. The van der Waals surface area contributed by atoms with Crippen molar-refractivity contribution >= 4 is 56.4 Å². The first kappa shape index (κ1) is 17.8. The Morgan fingerprint density at radius 1 is 1.08 bits per heavy atom. The topological polar surface area (TPSA) is 32.7 Å². The molecule has 6 heteroatoms. The lowest BCUT2D eigenvalue weighted by atomic mass is 10.1. The lowest BCUT2D eigenvalue weighted by molar-refractivity contribution is 0.0724. The van der Waals surface area contributed by atoms with Crippen LogP contribution in [0.5, 0.6) is 0 Å². The Morgan fingerprint density at radius 3 is 2.31 bits per heavy atom. The van der Waals surface area contributed by atoms with E-state index in [9.17, 15) is 4.79 Å². The average molecular weight is 448 g/mol. The highest BCUT2D eigenvalue weighted by molar-refractivity contribution is 9.10. The number of rotatable bonds is 2. The van der Waals surface area contributed by atoms with Crippen LogP contribution in [0.15, 0.2) is 58.0 Å². The second-order valence-electron chi connectivity index (χ2n) is 6.61. The van der Waals surface area contributed by atoms with Gasteiger partial charge in [0.25, 0.3) is 5.91 Å². The zero-order valence-corrected chi connectivity index (χ0v) is 17.1. The molecule has 1 aliphatic carbocycles. The van der Waals surface area contributed by atoms with Gasteiger partial charge in [0.05, 0.1) is 0 Å². The number of benzene rings is 2. The van der Waals surface area contributed by atoms with Gasteiger partial charge in [-0.3, -0.25) is 14.7 Å². The van der Waals surface area contributed by atoms with Crippen LogP contribution in [0, 0.1) is 0 Å². The van der Waals surface area contributed by atoms with Crippen molar-refractivity contribution in [1.82, 2.24) is 4.90 Å². The summed E-state index contributed by atoms with van der Waals surface area (Å²) in [6.45, 7) is 0. The summed E-state index contributed by atoms with van der Waals surface area (Å²) in [5.74, 6) is -0.107. The summed E-state index contributed by atoms with van der Waals surface area (Å²) < 4.78 is 0.996. The van der Waals surface area contributed by atoms with E-state index in [1.165, 1.54) is 0 Å². The minimum absolute atomic E-state index is 0.107. The molecule has 0 radical (unpaired) electrons. The largest absolute Gasteiger partial charge is 0.271 e. The maximum absolute atomic E-state index is 13.3. The summed E-state index contributed by atoms with van der Waals surface area (Å²) in [5.41, 5.74) is 1.71. The molecule has 132 valence electrons. The smallest absolute Gasteiger partial charge is 0.260 e. The molecule has 1 fully saturated rings. The van der Waals surface area contributed by atoms with Gasteiger partial charge in [-0.1, -0.05) is 51.9 Å². The van der Waals surface area contributed by atoms with Gasteiger partial charge in [-0.05, 0) is 62.1 Å². The first-order chi connectivity index (χ1) is 12.5. The Labute approximate surface area is 171 Å². The molecule has 2 aliphatic rings. The third-order valence-electron chi connectivity index (χ3n) is 4.96. The van der Waals surface area contributed by atoms with E-state index in [-0.39, 0.29) is 5.91 Å². The van der Waals surface area contributed by atoms with Gasteiger partial charge in [-0.15, -0.1) is 0 Å². The number of nitrogens with zero attached hydrogens (tertiary/aromatic N) is 2. The van der Waals surface area contributed by atoms with Gasteiger partial charge in [-0.25, -0.2) is 0 Å². The molecule has 0 saturated heterocycles. The van der Waals surface area contributed by atoms with Crippen molar-refractivity contribution in [1.29, 1.82) is 0 Å². The molecule has 0 bridgehead atoms. The van der Waals surface area contributed by atoms with Crippen molar-refractivity contribution in [2.24, 2.45) is 4.99 Å². The molecule has 2 aromatic carbocycles. The molecule has 1 spiro atoms. The van der Waals surface area contributed by atoms with Gasteiger partial charge in [0.1, 0.15) is 16.4 Å². The molecular weight excluding hydrogens is 432 g/mol. The van der Waals surface area contributed by atoms with E-state index in [0.717, 1.165) is 41.4 Å². The van der Waals surface area contributed by atoms with Crippen molar-refractivity contribution in [3.63, 3.8) is 0 Å². The summed E-state index contributed by atoms with van der Waals surface area (Å²) in [4.78, 5) is 20.5. The minimum Gasteiger partial charge on any atom is -0.271 e. The fourth-order valence-electron chi connectivity index (χ4n) is 3.68. The van der Waals surface area contributed by atoms with Crippen LogP contribution in [-0.2, 0) is 0 Å². The second-order valence-corrected chi connectivity index (χ2v) is 8.35. The van der Waals surface area contributed by atoms with E-state index < -0.39 is 5.66 Å². The van der Waals surface area contributed by atoms with Gasteiger partial charge in [0.2, 0.25) is 0 Å². The van der Waals surface area contributed by atoms with Crippen molar-refractivity contribution < 1.29 is 4.79 Å². The van der Waals surface area contributed by atoms with Crippen LogP contribution in [0.3, 0.4) is 0 Å². The number of hydrogen-bond donors (Lipinski definition) is 0. The van der Waals surface area contributed by atoms with Crippen LogP contribution in [0.25, 0.3) is 0 Å². The summed E-state index contributed by atoms with van der Waals surface area (Å²) >= 11 is 15.1. The zero-order chi connectivity index (χ0) is 18.3. The molecule has 0 unspecified atom stereocenters. The number of amides is 1. The van der Waals surface area contributed by atoms with E-state index in [1.54, 1.807) is 29.2 Å². The number of halogens is 2. The summed E-state index contributed by atoms with van der Waals surface area (Å²) in [5, 5.41) is 0.605. The van der Waals surface area contributed by atoms with Crippen LogP contribution in [-0.4, -0.2) is 27.2 Å². The maximum atomic E-state index is 13.3. The van der Waals surface area contributed by atoms with Crippen LogP contribution in [0.4, 0.5) is 0 Å². The quantitative estimate of drug-likeness (QED) is 0.558. The van der Waals surface area contributed by atoms with Gasteiger partial charge < -0.3 is 0 Å². The highest BCUT2D eigenvalue weighted by Gasteiger charge is 2.50. The Balaban J connectivity index is 1.75. The Hall–Kier alpha value is -1.56. The normalized spacial score (nSPS) is 18.5. The zero-order valence-electron chi connectivity index (χ0n) is 13.9. The Kier molecular flexibility index (Phi) is 4.71. The summed E-state index contributed by atoms with van der Waals surface area (Å²) in [6, 6.07) is 14.8. The van der Waals surface area contributed by atoms with E-state index in [1.807, 2.05) is 24.3 Å². The Bertz CT molecular complexity index is 902. The lowest BCUT2D eigenvalue weighted by Crippen LogP contribution is -2.48. The molecule has 1 saturated carbocycles. The number of hydrogen-bond acceptors (Lipinski definition) is 3. The fraction of sp³-hybridized carbons (Fsp3) is 0.250. The molecule has 1 aliphatic heterocycles. The second kappa shape index (κ2) is 6.87. The third-order valence-corrected chi connectivity index (χ3v) is 6.11. The summed E-state index contributed by atoms with van der Waals surface area (Å²) in [7, 11) is 0. The molecule has 2 aromatic rings. The van der Waals surface area contributed by atoms with Crippen LogP contribution in [0.1, 0.15) is 41.6 Å². The fourth-order valence-corrected chi connectivity index (χ4v) is 4.48. The number of carbonyl (C=O) groups is 1. The molecule has 0 aromatic heterocycles. The number of carbonyl (C=O) groups excluding carboxylic acids is 1. The first-order valence-corrected chi connectivity index (χ1v) is 10.1. The van der Waals surface area contributed by atoms with E-state index in [2.05, 4.69) is 15.9 Å². The van der Waals surface area contributed by atoms with Crippen molar-refractivity contribution in [3.8, 4) is 0 Å². The van der Waals surface area contributed by atoms with Gasteiger partial charge in [0, 0.05) is 20.6 Å². The molecule has 4 rings (SSSR count). The number of thiocarbonyl (C=S) groups is 1. The molecule has 1 amide bonds. The standard InChI is InChI=1S/C20H16BrClN2OS/c21-15-7-3-13(4-8-15)17-19(26)24(20(23-17)11-1-2-12-20)18(25)14-5-9-16(22)10-6-14/h3-10H,1-2,11-12H2. The monoisotopic (exact) mass is 446 g/mol. The molecular formula is C20H16BrClN2OS. The molecule has 0 N–H and O–H groups in total. The highest BCUT2D eigenvalue weighted by atomic mass is 79.9. The van der Waals surface area contributed by atoms with Crippen LogP contribution < -0.4 is 0 Å². The van der Waals surface area contributed by atoms with Crippen molar-refractivity contribution in [3.05, 3.63) is 69.2 Å². The van der Waals surface area contributed by atoms with E-state index >= 15 is 0 Å². The van der Waals surface area contributed by atoms with Crippen molar-refractivity contribution in [2.75, 3.05) is 0 Å². The maximum Gasteiger partial charge on any atom is 0.260 e. The summed E-state index contributed by atoms with van der Waals surface area (Å²) in [6.07, 6.45) is 3.77. The molecule has 0 atom stereocenters. The highest BCUT2D eigenvalue weighted by Crippen LogP contribution is 2.42. The SMILES string of the molecule is O=C(c1ccc(Cl)cc1)N1C(=S)C(c2ccc(Br)cc2)=NC12CCCC2. The predicted octanol–water partition coefficient (Wildman–Crippen LogP) is 5.65. The van der Waals surface area contributed by atoms with Gasteiger partial charge in [0.15, 0.2) is 0 Å². The van der Waals surface area contributed by atoms with Crippen LogP contribution in [0.2, 0.25) is 5.02 Å². The predicted molar refractivity (Wildman–Crippen MR) is 112 cm³/mol. The van der Waals surface area contributed by atoms with Gasteiger partial charge >= 0.3 is 0 Å². The van der Waals surface area contributed by atoms with E-state index in [4.69, 9.17) is 28.8 Å². The van der Waals surface area contributed by atoms with Gasteiger partial charge in [-0.2, -0.15) is 0 Å². The van der Waals surface area contributed by atoms with Crippen LogP contribution >= 0.6 is 39.7 Å². The minimum atomic E-state index is -0.545. The van der Waals surface area contributed by atoms with E-state index in [0.29, 0.717) is 15.6 Å².